The zero-order chi connectivity index (χ0) is 14.4. The van der Waals surface area contributed by atoms with Crippen LogP contribution in [0.3, 0.4) is 0 Å². The Balaban J connectivity index is 1.65. The number of hydrogen-bond acceptors (Lipinski definition) is 3. The molecule has 5 nitrogen and oxygen atoms in total. The smallest absolute Gasteiger partial charge is 0.319 e. The molecule has 0 unspecified atom stereocenters. The van der Waals surface area contributed by atoms with Crippen LogP contribution in [0.25, 0.3) is 0 Å². The highest BCUT2D eigenvalue weighted by molar-refractivity contribution is 6.30. The van der Waals surface area contributed by atoms with Gasteiger partial charge in [-0.05, 0) is 31.0 Å². The van der Waals surface area contributed by atoms with E-state index in [4.69, 9.17) is 11.6 Å². The first-order chi connectivity index (χ1) is 9.63. The van der Waals surface area contributed by atoms with Gasteiger partial charge in [-0.3, -0.25) is 0 Å². The molecule has 1 aromatic rings. The summed E-state index contributed by atoms with van der Waals surface area (Å²) in [6, 6.07) is 6.81. The van der Waals surface area contributed by atoms with Crippen molar-refractivity contribution >= 4 is 23.3 Å². The van der Waals surface area contributed by atoms with Crippen molar-refractivity contribution in [1.29, 1.82) is 0 Å². The predicted molar refractivity (Wildman–Crippen MR) is 80.2 cm³/mol. The quantitative estimate of drug-likeness (QED) is 0.795. The molecular formula is C14H20ClN3O2. The molecule has 1 heterocycles. The fourth-order valence-corrected chi connectivity index (χ4v) is 2.40. The van der Waals surface area contributed by atoms with Crippen molar-refractivity contribution < 1.29 is 9.90 Å². The number of amides is 2. The molecule has 0 aliphatic carbocycles. The van der Waals surface area contributed by atoms with Gasteiger partial charge in [0.05, 0.1) is 6.10 Å². The molecule has 1 saturated heterocycles. The molecule has 2 rings (SSSR count). The molecule has 1 aromatic carbocycles. The van der Waals surface area contributed by atoms with Crippen LogP contribution in [-0.2, 0) is 0 Å². The minimum absolute atomic E-state index is 0.162. The third kappa shape index (κ3) is 5.00. The Morgan fingerprint density at radius 1 is 1.40 bits per heavy atom. The number of nitrogens with zero attached hydrogens (tertiary/aromatic N) is 1. The van der Waals surface area contributed by atoms with Gasteiger partial charge in [-0.1, -0.05) is 17.7 Å². The van der Waals surface area contributed by atoms with Crippen LogP contribution in [0.2, 0.25) is 5.02 Å². The molecule has 20 heavy (non-hydrogen) atoms. The van der Waals surface area contributed by atoms with Crippen LogP contribution in [0.15, 0.2) is 24.3 Å². The number of piperidine rings is 1. The maximum atomic E-state index is 11.7. The zero-order valence-corrected chi connectivity index (χ0v) is 12.1. The molecule has 3 N–H and O–H groups in total. The lowest BCUT2D eigenvalue weighted by atomic mass is 10.1. The van der Waals surface area contributed by atoms with Crippen molar-refractivity contribution in [3.05, 3.63) is 29.3 Å². The fraction of sp³-hybridized carbons (Fsp3) is 0.500. The summed E-state index contributed by atoms with van der Waals surface area (Å²) >= 11 is 5.85. The van der Waals surface area contributed by atoms with Gasteiger partial charge < -0.3 is 20.6 Å². The van der Waals surface area contributed by atoms with E-state index in [1.54, 1.807) is 24.3 Å². The highest BCUT2D eigenvalue weighted by atomic mass is 35.5. The van der Waals surface area contributed by atoms with Crippen LogP contribution in [0.5, 0.6) is 0 Å². The Morgan fingerprint density at radius 3 is 2.85 bits per heavy atom. The number of anilines is 1. The van der Waals surface area contributed by atoms with Gasteiger partial charge in [0.15, 0.2) is 0 Å². The molecule has 0 spiro atoms. The number of benzene rings is 1. The summed E-state index contributed by atoms with van der Waals surface area (Å²) in [6.07, 6.45) is 1.47. The SMILES string of the molecule is O=C(NCCN1CCC(O)CC1)Nc1cccc(Cl)c1. The summed E-state index contributed by atoms with van der Waals surface area (Å²) < 4.78 is 0. The van der Waals surface area contributed by atoms with Crippen LogP contribution in [0.1, 0.15) is 12.8 Å². The van der Waals surface area contributed by atoms with Gasteiger partial charge in [-0.15, -0.1) is 0 Å². The second kappa shape index (κ2) is 7.47. The number of rotatable bonds is 4. The summed E-state index contributed by atoms with van der Waals surface area (Å²) in [4.78, 5) is 13.9. The van der Waals surface area contributed by atoms with Crippen molar-refractivity contribution in [2.75, 3.05) is 31.5 Å². The van der Waals surface area contributed by atoms with E-state index in [9.17, 15) is 9.90 Å². The third-order valence-electron chi connectivity index (χ3n) is 3.35. The fourth-order valence-electron chi connectivity index (χ4n) is 2.21. The lowest BCUT2D eigenvalue weighted by Crippen LogP contribution is -2.41. The number of likely N-dealkylation sites (tertiary alicyclic amines) is 1. The van der Waals surface area contributed by atoms with Gasteiger partial charge in [0.25, 0.3) is 0 Å². The summed E-state index contributed by atoms with van der Waals surface area (Å²) in [5, 5.41) is 15.5. The largest absolute Gasteiger partial charge is 0.393 e. The third-order valence-corrected chi connectivity index (χ3v) is 3.59. The Bertz CT molecular complexity index is 448. The van der Waals surface area contributed by atoms with E-state index in [0.29, 0.717) is 17.3 Å². The minimum atomic E-state index is -0.232. The maximum absolute atomic E-state index is 11.7. The van der Waals surface area contributed by atoms with E-state index in [1.165, 1.54) is 0 Å². The number of halogens is 1. The predicted octanol–water partition coefficient (Wildman–Crippen LogP) is 1.92. The van der Waals surface area contributed by atoms with E-state index in [-0.39, 0.29) is 12.1 Å². The van der Waals surface area contributed by atoms with E-state index < -0.39 is 0 Å². The van der Waals surface area contributed by atoms with Gasteiger partial charge in [0, 0.05) is 36.9 Å². The monoisotopic (exact) mass is 297 g/mol. The summed E-state index contributed by atoms with van der Waals surface area (Å²) in [5.74, 6) is 0. The van der Waals surface area contributed by atoms with E-state index in [0.717, 1.165) is 32.5 Å². The molecule has 0 saturated carbocycles. The number of urea groups is 1. The Hall–Kier alpha value is -1.30. The second-order valence-corrected chi connectivity index (χ2v) is 5.40. The van der Waals surface area contributed by atoms with E-state index >= 15 is 0 Å². The average molecular weight is 298 g/mol. The van der Waals surface area contributed by atoms with E-state index in [2.05, 4.69) is 15.5 Å². The number of hydrogen-bond donors (Lipinski definition) is 3. The van der Waals surface area contributed by atoms with Crippen LogP contribution in [0, 0.1) is 0 Å². The van der Waals surface area contributed by atoms with Gasteiger partial charge in [-0.2, -0.15) is 0 Å². The average Bonchev–Trinajstić information content (AvgIpc) is 2.41. The molecular weight excluding hydrogens is 278 g/mol. The first-order valence-corrected chi connectivity index (χ1v) is 7.22. The number of nitrogens with one attached hydrogen (secondary N) is 2. The molecule has 1 fully saturated rings. The number of carbonyl (C=O) groups is 1. The van der Waals surface area contributed by atoms with Gasteiger partial charge in [0.2, 0.25) is 0 Å². The Kier molecular flexibility index (Phi) is 5.64. The van der Waals surface area contributed by atoms with Crippen LogP contribution >= 0.6 is 11.6 Å². The van der Waals surface area contributed by atoms with Crippen molar-refractivity contribution in [3.63, 3.8) is 0 Å². The standard InChI is InChI=1S/C14H20ClN3O2/c15-11-2-1-3-12(10-11)17-14(20)16-6-9-18-7-4-13(19)5-8-18/h1-3,10,13,19H,4-9H2,(H2,16,17,20). The highest BCUT2D eigenvalue weighted by Gasteiger charge is 2.16. The Labute approximate surface area is 123 Å². The van der Waals surface area contributed by atoms with Crippen molar-refractivity contribution in [2.45, 2.75) is 18.9 Å². The van der Waals surface area contributed by atoms with Crippen LogP contribution in [-0.4, -0.2) is 48.3 Å². The lowest BCUT2D eigenvalue weighted by molar-refractivity contribution is 0.0833. The maximum Gasteiger partial charge on any atom is 0.319 e. The molecule has 2 amide bonds. The summed E-state index contributed by atoms with van der Waals surface area (Å²) in [6.45, 7) is 3.16. The van der Waals surface area contributed by atoms with Gasteiger partial charge in [0.1, 0.15) is 0 Å². The highest BCUT2D eigenvalue weighted by Crippen LogP contribution is 2.14. The van der Waals surface area contributed by atoms with Crippen molar-refractivity contribution in [2.24, 2.45) is 0 Å². The lowest BCUT2D eigenvalue weighted by Gasteiger charge is -2.29. The number of aliphatic hydroxyl groups excluding tert-OH is 1. The molecule has 0 radical (unpaired) electrons. The molecule has 6 heteroatoms. The van der Waals surface area contributed by atoms with Crippen molar-refractivity contribution in [3.8, 4) is 0 Å². The summed E-state index contributed by atoms with van der Waals surface area (Å²) in [7, 11) is 0. The van der Waals surface area contributed by atoms with Crippen LogP contribution in [0.4, 0.5) is 10.5 Å². The first kappa shape index (κ1) is 15.1. The molecule has 0 atom stereocenters. The number of aliphatic hydroxyl groups is 1. The molecule has 0 aromatic heterocycles. The minimum Gasteiger partial charge on any atom is -0.393 e. The number of carbonyl (C=O) groups excluding carboxylic acids is 1. The van der Waals surface area contributed by atoms with Crippen molar-refractivity contribution in [1.82, 2.24) is 10.2 Å². The summed E-state index contributed by atoms with van der Waals surface area (Å²) in [5.41, 5.74) is 0.677. The normalized spacial score (nSPS) is 16.9. The van der Waals surface area contributed by atoms with E-state index in [1.807, 2.05) is 0 Å². The molecule has 1 aliphatic heterocycles. The Morgan fingerprint density at radius 2 is 2.15 bits per heavy atom. The topological polar surface area (TPSA) is 64.6 Å². The molecule has 0 bridgehead atoms. The second-order valence-electron chi connectivity index (χ2n) is 4.96. The van der Waals surface area contributed by atoms with Gasteiger partial charge >= 0.3 is 6.03 Å². The molecule has 110 valence electrons. The molecule has 1 aliphatic rings. The van der Waals surface area contributed by atoms with Gasteiger partial charge in [-0.25, -0.2) is 4.79 Å². The first-order valence-electron chi connectivity index (χ1n) is 6.84. The zero-order valence-electron chi connectivity index (χ0n) is 11.3. The van der Waals surface area contributed by atoms with Crippen LogP contribution < -0.4 is 10.6 Å².